The van der Waals surface area contributed by atoms with Crippen LogP contribution in [0.1, 0.15) is 29.1 Å². The van der Waals surface area contributed by atoms with Gasteiger partial charge in [0.1, 0.15) is 0 Å². The Morgan fingerprint density at radius 1 is 1.44 bits per heavy atom. The van der Waals surface area contributed by atoms with Gasteiger partial charge in [-0.15, -0.1) is 0 Å². The molecule has 1 aliphatic heterocycles. The van der Waals surface area contributed by atoms with Crippen molar-refractivity contribution < 1.29 is 23.7 Å². The van der Waals surface area contributed by atoms with Crippen LogP contribution in [0.2, 0.25) is 0 Å². The third-order valence-electron chi connectivity index (χ3n) is 2.53. The van der Waals surface area contributed by atoms with E-state index in [1.807, 2.05) is 30.6 Å². The Kier molecular flexibility index (Phi) is 6.30. The molecule has 0 aliphatic carbocycles. The Labute approximate surface area is 109 Å². The maximum Gasteiger partial charge on any atom is 1.00 e. The van der Waals surface area contributed by atoms with Crippen LogP contribution in [0.15, 0.2) is 11.8 Å². The van der Waals surface area contributed by atoms with Crippen molar-refractivity contribution in [1.82, 2.24) is 9.80 Å². The van der Waals surface area contributed by atoms with Gasteiger partial charge in [0.15, 0.2) is 0 Å². The van der Waals surface area contributed by atoms with E-state index in [9.17, 15) is 4.79 Å². The van der Waals surface area contributed by atoms with Gasteiger partial charge in [0.25, 0.3) is 0 Å². The lowest BCUT2D eigenvalue weighted by Crippen LogP contribution is -2.49. The zero-order chi connectivity index (χ0) is 14.5. The van der Waals surface area contributed by atoms with E-state index in [4.69, 9.17) is 17.5 Å². The Morgan fingerprint density at radius 3 is 2.22 bits per heavy atom. The molecule has 0 bridgehead atoms. The second-order valence-corrected chi connectivity index (χ2v) is 4.64. The molecular formula is C10H20N2O5S. The fourth-order valence-corrected chi connectivity index (χ4v) is 1.82. The van der Waals surface area contributed by atoms with Crippen molar-refractivity contribution in [2.45, 2.75) is 33.7 Å². The number of allylic oxidation sites excluding steroid dienone is 1. The molecule has 1 unspecified atom stereocenters. The summed E-state index contributed by atoms with van der Waals surface area (Å²) in [5, 5.41) is 0. The summed E-state index contributed by atoms with van der Waals surface area (Å²) in [6, 6.07) is 0.373. The summed E-state index contributed by atoms with van der Waals surface area (Å²) in [4.78, 5) is 15.5. The predicted octanol–water partition coefficient (Wildman–Crippen LogP) is 1.17. The highest BCUT2D eigenvalue weighted by Gasteiger charge is 2.27. The molecule has 0 spiro atoms. The topological polar surface area (TPSA) is 101 Å². The Morgan fingerprint density at radius 2 is 1.89 bits per heavy atom. The lowest BCUT2D eigenvalue weighted by atomic mass is 10.2. The fraction of sp³-hybridized carbons (Fsp3) is 0.700. The first-order valence-electron chi connectivity index (χ1n) is 5.56. The first-order valence-corrected chi connectivity index (χ1v) is 6.93. The molecule has 1 aliphatic rings. The van der Waals surface area contributed by atoms with Crippen LogP contribution in [0.25, 0.3) is 0 Å². The van der Waals surface area contributed by atoms with Crippen molar-refractivity contribution in [3.8, 4) is 0 Å². The van der Waals surface area contributed by atoms with E-state index in [1.165, 1.54) is 0 Å². The zero-order valence-electron chi connectivity index (χ0n) is 12.0. The summed E-state index contributed by atoms with van der Waals surface area (Å²) in [6.45, 7) is 9.59. The number of amides is 2. The second-order valence-electron chi connectivity index (χ2n) is 3.79. The molecule has 0 saturated heterocycles. The van der Waals surface area contributed by atoms with Gasteiger partial charge in [-0.05, 0) is 33.8 Å². The number of hydrogen-bond donors (Lipinski definition) is 1. The molecule has 106 valence electrons. The average molecular weight is 280 g/mol. The van der Waals surface area contributed by atoms with Crippen LogP contribution in [0.3, 0.4) is 0 Å². The van der Waals surface area contributed by atoms with Crippen LogP contribution in [0.4, 0.5) is 4.79 Å². The van der Waals surface area contributed by atoms with E-state index in [0.29, 0.717) is 0 Å². The van der Waals surface area contributed by atoms with E-state index in [-0.39, 0.29) is 13.5 Å². The lowest BCUT2D eigenvalue weighted by Gasteiger charge is -2.37. The van der Waals surface area contributed by atoms with Crippen molar-refractivity contribution in [3.05, 3.63) is 11.8 Å². The SMILES string of the molecule is CCN1C(=O)N(CC)C(C)C=C1C.O=S(=O)([O-])O.[H+]. The van der Waals surface area contributed by atoms with Crippen molar-refractivity contribution in [2.24, 2.45) is 0 Å². The van der Waals surface area contributed by atoms with Crippen LogP contribution in [-0.4, -0.2) is 52.5 Å². The maximum atomic E-state index is 11.8. The summed E-state index contributed by atoms with van der Waals surface area (Å²) in [6.07, 6.45) is 2.13. The quantitative estimate of drug-likeness (QED) is 0.604. The molecule has 2 amide bonds. The number of likely N-dealkylation sites (N-methyl/N-ethyl adjacent to an activating group) is 1. The van der Waals surface area contributed by atoms with Gasteiger partial charge in [0, 0.05) is 18.8 Å². The molecule has 0 aromatic heterocycles. The van der Waals surface area contributed by atoms with Gasteiger partial charge in [-0.3, -0.25) is 9.45 Å². The van der Waals surface area contributed by atoms with Gasteiger partial charge in [-0.1, -0.05) is 0 Å². The van der Waals surface area contributed by atoms with Crippen LogP contribution >= 0.6 is 0 Å². The highest BCUT2D eigenvalue weighted by molar-refractivity contribution is 7.79. The molecule has 1 rings (SSSR count). The van der Waals surface area contributed by atoms with Gasteiger partial charge < -0.3 is 9.45 Å². The van der Waals surface area contributed by atoms with E-state index in [0.717, 1.165) is 18.8 Å². The molecule has 18 heavy (non-hydrogen) atoms. The first kappa shape index (κ1) is 16.9. The van der Waals surface area contributed by atoms with Crippen molar-refractivity contribution in [1.29, 1.82) is 0 Å². The third-order valence-corrected chi connectivity index (χ3v) is 2.53. The largest absolute Gasteiger partial charge is 1.00 e. The Bertz CT molecular complexity index is 416. The van der Waals surface area contributed by atoms with Gasteiger partial charge in [0.2, 0.25) is 10.4 Å². The standard InChI is InChI=1S/C10H18N2O.H2O4S/c1-5-11-8(3)7-9(4)12(6-2)10(11)13;1-5(2,3)4/h7-8H,5-6H2,1-4H3;(H2,1,2,3,4). The Hall–Kier alpha value is -1.12. The molecule has 0 aromatic carbocycles. The summed E-state index contributed by atoms with van der Waals surface area (Å²) >= 11 is 0. The van der Waals surface area contributed by atoms with E-state index in [2.05, 4.69) is 13.0 Å². The number of rotatable bonds is 2. The molecule has 7 nitrogen and oxygen atoms in total. The first-order chi connectivity index (χ1) is 8.11. The van der Waals surface area contributed by atoms with E-state index < -0.39 is 10.4 Å². The molecule has 0 saturated carbocycles. The van der Waals surface area contributed by atoms with Crippen molar-refractivity contribution in [3.63, 3.8) is 0 Å². The summed E-state index contributed by atoms with van der Waals surface area (Å²) in [5.41, 5.74) is 1.07. The van der Waals surface area contributed by atoms with Crippen LogP contribution < -0.4 is 0 Å². The van der Waals surface area contributed by atoms with E-state index in [1.54, 1.807) is 0 Å². The summed E-state index contributed by atoms with van der Waals surface area (Å²) in [5.74, 6) is 0. The molecule has 1 atom stereocenters. The monoisotopic (exact) mass is 280 g/mol. The Balaban J connectivity index is 0. The fourth-order valence-electron chi connectivity index (χ4n) is 1.82. The minimum atomic E-state index is -4.92. The van der Waals surface area contributed by atoms with Gasteiger partial charge in [-0.25, -0.2) is 13.2 Å². The molecule has 8 heteroatoms. The highest BCUT2D eigenvalue weighted by atomic mass is 32.3. The predicted molar refractivity (Wildman–Crippen MR) is 66.8 cm³/mol. The molecule has 0 fully saturated rings. The number of carbonyl (C=O) groups is 1. The molecule has 1 N–H and O–H groups in total. The van der Waals surface area contributed by atoms with Gasteiger partial charge in [-0.2, -0.15) is 0 Å². The number of urea groups is 1. The second kappa shape index (κ2) is 6.72. The molecule has 0 aromatic rings. The van der Waals surface area contributed by atoms with Crippen LogP contribution in [0.5, 0.6) is 0 Å². The van der Waals surface area contributed by atoms with Crippen LogP contribution in [-0.2, 0) is 10.4 Å². The third kappa shape index (κ3) is 5.48. The molecular weight excluding hydrogens is 260 g/mol. The summed E-state index contributed by atoms with van der Waals surface area (Å²) in [7, 11) is -4.92. The maximum absolute atomic E-state index is 11.8. The number of hydrogen-bond acceptors (Lipinski definition) is 4. The minimum absolute atomic E-state index is 0. The zero-order valence-corrected chi connectivity index (χ0v) is 11.8. The van der Waals surface area contributed by atoms with Gasteiger partial charge in [0.05, 0.1) is 6.04 Å². The number of carbonyl (C=O) groups excluding carboxylic acids is 1. The lowest BCUT2D eigenvalue weighted by molar-refractivity contribution is 0.152. The smallest absolute Gasteiger partial charge is 0.726 e. The number of nitrogens with zero attached hydrogens (tertiary/aromatic N) is 2. The normalized spacial score (nSPS) is 20.2. The molecule has 1 heterocycles. The summed E-state index contributed by atoms with van der Waals surface area (Å²) < 4.78 is 32.8. The van der Waals surface area contributed by atoms with Crippen LogP contribution in [0, 0.1) is 0 Å². The molecule has 0 radical (unpaired) electrons. The van der Waals surface area contributed by atoms with Crippen molar-refractivity contribution in [2.75, 3.05) is 13.1 Å². The van der Waals surface area contributed by atoms with Gasteiger partial charge >= 0.3 is 7.46 Å². The van der Waals surface area contributed by atoms with E-state index >= 15 is 0 Å². The average Bonchev–Trinajstić information content (AvgIpc) is 2.15. The minimum Gasteiger partial charge on any atom is -0.726 e. The highest BCUT2D eigenvalue weighted by Crippen LogP contribution is 2.18. The van der Waals surface area contributed by atoms with Crippen molar-refractivity contribution >= 4 is 16.4 Å².